The molecule has 1 aliphatic carbocycles. The van der Waals surface area contributed by atoms with Gasteiger partial charge in [0.2, 0.25) is 0 Å². The number of aryl methyl sites for hydroxylation is 1. The summed E-state index contributed by atoms with van der Waals surface area (Å²) in [6.07, 6.45) is 5.05. The highest BCUT2D eigenvalue weighted by atomic mass is 16.5. The SMILES string of the molecule is Cn1cc(-c2noc(=O)[nH]2)cc1C(=O)NC[C@@H]1CCC[C@H](O)C1. The quantitative estimate of drug-likeness (QED) is 0.765. The number of aromatic nitrogens is 3. The Hall–Kier alpha value is -2.35. The molecule has 0 radical (unpaired) electrons. The van der Waals surface area contributed by atoms with Crippen LogP contribution in [0.25, 0.3) is 11.4 Å². The third-order valence-corrected chi connectivity index (χ3v) is 4.26. The van der Waals surface area contributed by atoms with Crippen LogP contribution in [0.3, 0.4) is 0 Å². The molecule has 124 valence electrons. The second-order valence-electron chi connectivity index (χ2n) is 6.07. The van der Waals surface area contributed by atoms with Crippen LogP contribution in [0.5, 0.6) is 0 Å². The average Bonchev–Trinajstić information content (AvgIpc) is 3.11. The number of rotatable bonds is 4. The van der Waals surface area contributed by atoms with Crippen LogP contribution in [0.1, 0.15) is 36.2 Å². The number of amides is 1. The molecule has 1 fully saturated rings. The molecular formula is C15H20N4O4. The zero-order chi connectivity index (χ0) is 16.4. The van der Waals surface area contributed by atoms with Crippen molar-refractivity contribution in [1.82, 2.24) is 20.0 Å². The standard InChI is InChI=1S/C15H20N4O4/c1-19-8-10(13-17-15(22)23-18-13)6-12(19)14(21)16-7-9-3-2-4-11(20)5-9/h6,8-9,11,20H,2-5,7H2,1H3,(H,16,21)(H,17,18,22)/t9-,11+/m1/s1. The minimum atomic E-state index is -0.634. The molecule has 2 heterocycles. The zero-order valence-electron chi connectivity index (χ0n) is 12.9. The monoisotopic (exact) mass is 320 g/mol. The average molecular weight is 320 g/mol. The van der Waals surface area contributed by atoms with E-state index in [9.17, 15) is 14.7 Å². The highest BCUT2D eigenvalue weighted by Crippen LogP contribution is 2.23. The summed E-state index contributed by atoms with van der Waals surface area (Å²) in [6.45, 7) is 0.553. The molecule has 3 rings (SSSR count). The van der Waals surface area contributed by atoms with Gasteiger partial charge in [-0.05, 0) is 31.2 Å². The molecule has 8 heteroatoms. The van der Waals surface area contributed by atoms with Crippen molar-refractivity contribution in [3.05, 3.63) is 28.5 Å². The molecule has 1 aliphatic rings. The van der Waals surface area contributed by atoms with Crippen molar-refractivity contribution < 1.29 is 14.4 Å². The first-order valence-electron chi connectivity index (χ1n) is 7.72. The van der Waals surface area contributed by atoms with Gasteiger partial charge in [-0.1, -0.05) is 11.6 Å². The normalized spacial score (nSPS) is 21.3. The summed E-state index contributed by atoms with van der Waals surface area (Å²) in [5.41, 5.74) is 1.08. The molecule has 2 aromatic heterocycles. The Kier molecular flexibility index (Phi) is 4.33. The molecular weight excluding hydrogens is 300 g/mol. The van der Waals surface area contributed by atoms with Gasteiger partial charge in [-0.3, -0.25) is 14.3 Å². The lowest BCUT2D eigenvalue weighted by Crippen LogP contribution is -2.33. The Morgan fingerprint density at radius 2 is 2.39 bits per heavy atom. The highest BCUT2D eigenvalue weighted by Gasteiger charge is 2.21. The van der Waals surface area contributed by atoms with E-state index >= 15 is 0 Å². The van der Waals surface area contributed by atoms with E-state index in [4.69, 9.17) is 0 Å². The van der Waals surface area contributed by atoms with Gasteiger partial charge in [-0.25, -0.2) is 4.79 Å². The van der Waals surface area contributed by atoms with Gasteiger partial charge >= 0.3 is 5.76 Å². The molecule has 0 bridgehead atoms. The first-order chi connectivity index (χ1) is 11.0. The summed E-state index contributed by atoms with van der Waals surface area (Å²) in [4.78, 5) is 25.8. The molecule has 1 amide bonds. The van der Waals surface area contributed by atoms with Crippen LogP contribution in [-0.4, -0.2) is 38.4 Å². The van der Waals surface area contributed by atoms with E-state index in [-0.39, 0.29) is 12.0 Å². The number of aliphatic hydroxyl groups excluding tert-OH is 1. The number of H-pyrrole nitrogens is 1. The fraction of sp³-hybridized carbons (Fsp3) is 0.533. The molecule has 23 heavy (non-hydrogen) atoms. The molecule has 0 aliphatic heterocycles. The predicted molar refractivity (Wildman–Crippen MR) is 81.8 cm³/mol. The van der Waals surface area contributed by atoms with Gasteiger partial charge in [0.1, 0.15) is 5.69 Å². The summed E-state index contributed by atoms with van der Waals surface area (Å²) in [5.74, 6) is -0.218. The van der Waals surface area contributed by atoms with Gasteiger partial charge < -0.3 is 15.0 Å². The summed E-state index contributed by atoms with van der Waals surface area (Å²) >= 11 is 0. The van der Waals surface area contributed by atoms with Crippen LogP contribution >= 0.6 is 0 Å². The van der Waals surface area contributed by atoms with E-state index in [0.29, 0.717) is 29.5 Å². The smallest absolute Gasteiger partial charge is 0.393 e. The van der Waals surface area contributed by atoms with Crippen molar-refractivity contribution >= 4 is 5.91 Å². The second-order valence-corrected chi connectivity index (χ2v) is 6.07. The maximum atomic E-state index is 12.3. The number of carbonyl (C=O) groups is 1. The number of aliphatic hydroxyl groups is 1. The summed E-state index contributed by atoms with van der Waals surface area (Å²) < 4.78 is 6.14. The van der Waals surface area contributed by atoms with Crippen molar-refractivity contribution in [2.45, 2.75) is 31.8 Å². The van der Waals surface area contributed by atoms with E-state index in [2.05, 4.69) is 20.0 Å². The van der Waals surface area contributed by atoms with Gasteiger partial charge in [-0.15, -0.1) is 0 Å². The maximum absolute atomic E-state index is 12.3. The lowest BCUT2D eigenvalue weighted by atomic mass is 9.87. The van der Waals surface area contributed by atoms with Crippen LogP contribution in [0, 0.1) is 5.92 Å². The Bertz CT molecular complexity index is 745. The predicted octanol–water partition coefficient (Wildman–Crippen LogP) is 0.649. The summed E-state index contributed by atoms with van der Waals surface area (Å²) in [5, 5.41) is 16.2. The van der Waals surface area contributed by atoms with Crippen molar-refractivity contribution in [1.29, 1.82) is 0 Å². The minimum Gasteiger partial charge on any atom is -0.393 e. The Morgan fingerprint density at radius 1 is 1.57 bits per heavy atom. The molecule has 1 saturated carbocycles. The number of nitrogens with zero attached hydrogens (tertiary/aromatic N) is 2. The molecule has 0 aromatic carbocycles. The number of hydrogen-bond acceptors (Lipinski definition) is 5. The fourth-order valence-electron chi connectivity index (χ4n) is 3.05. The lowest BCUT2D eigenvalue weighted by molar-refractivity contribution is 0.0868. The van der Waals surface area contributed by atoms with Gasteiger partial charge in [-0.2, -0.15) is 0 Å². The van der Waals surface area contributed by atoms with Crippen molar-refractivity contribution in [2.24, 2.45) is 13.0 Å². The minimum absolute atomic E-state index is 0.190. The van der Waals surface area contributed by atoms with Gasteiger partial charge in [0.05, 0.1) is 6.10 Å². The van der Waals surface area contributed by atoms with E-state index in [1.165, 1.54) is 0 Å². The third kappa shape index (κ3) is 3.53. The number of aromatic amines is 1. The van der Waals surface area contributed by atoms with Crippen LogP contribution in [0.4, 0.5) is 0 Å². The summed E-state index contributed by atoms with van der Waals surface area (Å²) in [7, 11) is 1.75. The maximum Gasteiger partial charge on any atom is 0.439 e. The van der Waals surface area contributed by atoms with Crippen molar-refractivity contribution in [3.8, 4) is 11.4 Å². The topological polar surface area (TPSA) is 113 Å². The van der Waals surface area contributed by atoms with Crippen molar-refractivity contribution in [3.63, 3.8) is 0 Å². The van der Waals surface area contributed by atoms with Gasteiger partial charge in [0.25, 0.3) is 5.91 Å². The molecule has 0 spiro atoms. The second kappa shape index (κ2) is 6.41. The van der Waals surface area contributed by atoms with Gasteiger partial charge in [0.15, 0.2) is 5.82 Å². The van der Waals surface area contributed by atoms with E-state index in [1.54, 1.807) is 23.9 Å². The van der Waals surface area contributed by atoms with E-state index < -0.39 is 5.76 Å². The molecule has 0 unspecified atom stereocenters. The van der Waals surface area contributed by atoms with Crippen LogP contribution in [0.2, 0.25) is 0 Å². The molecule has 2 atom stereocenters. The molecule has 2 aromatic rings. The first kappa shape index (κ1) is 15.5. The van der Waals surface area contributed by atoms with Gasteiger partial charge in [0, 0.05) is 25.4 Å². The molecule has 0 saturated heterocycles. The van der Waals surface area contributed by atoms with Crippen LogP contribution in [0.15, 0.2) is 21.6 Å². The Labute approximate surface area is 132 Å². The lowest BCUT2D eigenvalue weighted by Gasteiger charge is -2.25. The summed E-state index contributed by atoms with van der Waals surface area (Å²) in [6, 6.07) is 1.65. The number of nitrogens with one attached hydrogen (secondary N) is 2. The zero-order valence-corrected chi connectivity index (χ0v) is 12.9. The fourth-order valence-corrected chi connectivity index (χ4v) is 3.05. The van der Waals surface area contributed by atoms with E-state index in [1.807, 2.05) is 0 Å². The Morgan fingerprint density at radius 3 is 3.09 bits per heavy atom. The highest BCUT2D eigenvalue weighted by molar-refractivity contribution is 5.94. The largest absolute Gasteiger partial charge is 0.439 e. The first-order valence-corrected chi connectivity index (χ1v) is 7.72. The Balaban J connectivity index is 1.65. The van der Waals surface area contributed by atoms with Crippen LogP contribution in [-0.2, 0) is 7.05 Å². The molecule has 3 N–H and O–H groups in total. The van der Waals surface area contributed by atoms with E-state index in [0.717, 1.165) is 25.7 Å². The third-order valence-electron chi connectivity index (χ3n) is 4.26. The number of carbonyl (C=O) groups excluding carboxylic acids is 1. The van der Waals surface area contributed by atoms with Crippen molar-refractivity contribution in [2.75, 3.05) is 6.54 Å². The number of hydrogen-bond donors (Lipinski definition) is 3. The molecule has 8 nitrogen and oxygen atoms in total. The van der Waals surface area contributed by atoms with Crippen LogP contribution < -0.4 is 11.1 Å².